The van der Waals surface area contributed by atoms with Crippen molar-refractivity contribution in [3.8, 4) is 0 Å². The van der Waals surface area contributed by atoms with Crippen molar-refractivity contribution >= 4 is 5.97 Å². The van der Waals surface area contributed by atoms with Crippen molar-refractivity contribution in [3.05, 3.63) is 11.4 Å². The summed E-state index contributed by atoms with van der Waals surface area (Å²) in [5.74, 6) is -1.76. The summed E-state index contributed by atoms with van der Waals surface area (Å²) in [4.78, 5) is 12.7. The molecule has 0 spiro atoms. The van der Waals surface area contributed by atoms with Gasteiger partial charge in [-0.3, -0.25) is 0 Å². The fourth-order valence-corrected chi connectivity index (χ4v) is 2.04. The van der Waals surface area contributed by atoms with Crippen molar-refractivity contribution in [1.82, 2.24) is 19.9 Å². The quantitative estimate of drug-likeness (QED) is 0.865. The molecule has 7 nitrogen and oxygen atoms in total. The van der Waals surface area contributed by atoms with E-state index >= 15 is 0 Å². The minimum absolute atomic E-state index is 0.195. The first-order valence-corrected chi connectivity index (χ1v) is 5.83. The molecule has 0 bridgehead atoms. The maximum Gasteiger partial charge on any atom is 0.435 e. The highest BCUT2D eigenvalue weighted by Crippen LogP contribution is 2.31. The van der Waals surface area contributed by atoms with E-state index in [0.29, 0.717) is 24.4 Å². The van der Waals surface area contributed by atoms with E-state index in [1.54, 1.807) is 0 Å². The average Bonchev–Trinajstić information content (AvgIpc) is 2.72. The maximum atomic E-state index is 12.9. The molecule has 112 valence electrons. The molecule has 1 atom stereocenters. The number of aromatic carboxylic acids is 1. The summed E-state index contributed by atoms with van der Waals surface area (Å²) >= 11 is 0. The lowest BCUT2D eigenvalue weighted by Gasteiger charge is -2.30. The van der Waals surface area contributed by atoms with Crippen molar-refractivity contribution in [2.75, 3.05) is 26.7 Å². The van der Waals surface area contributed by atoms with Crippen LogP contribution in [0.2, 0.25) is 0 Å². The molecule has 0 aliphatic carbocycles. The number of carboxylic acid groups (broad SMARTS) is 1. The standard InChI is InChI=1S/C10H13F3N4O3/c1-16-2-3-20-6(4-16)5-17-8(10(11,12)13)7(9(18)19)14-15-17/h6H,2-5H2,1H3,(H,18,19). The van der Waals surface area contributed by atoms with Crippen LogP contribution in [0.4, 0.5) is 13.2 Å². The van der Waals surface area contributed by atoms with Crippen LogP contribution in [0.3, 0.4) is 0 Å². The second-order valence-electron chi connectivity index (χ2n) is 4.53. The number of ether oxygens (including phenoxy) is 1. The number of hydrogen-bond acceptors (Lipinski definition) is 5. The molecule has 10 heteroatoms. The molecule has 1 N–H and O–H groups in total. The van der Waals surface area contributed by atoms with Crippen LogP contribution < -0.4 is 0 Å². The first kappa shape index (κ1) is 14.7. The van der Waals surface area contributed by atoms with E-state index in [0.717, 1.165) is 0 Å². The summed E-state index contributed by atoms with van der Waals surface area (Å²) < 4.78 is 44.6. The van der Waals surface area contributed by atoms with Gasteiger partial charge in [-0.15, -0.1) is 5.10 Å². The van der Waals surface area contributed by atoms with Crippen LogP contribution in [-0.4, -0.2) is 63.8 Å². The Kier molecular flexibility index (Phi) is 3.95. The zero-order chi connectivity index (χ0) is 14.9. The Labute approximate surface area is 111 Å². The zero-order valence-corrected chi connectivity index (χ0v) is 10.6. The molecular weight excluding hydrogens is 281 g/mol. The van der Waals surface area contributed by atoms with E-state index < -0.39 is 29.6 Å². The average molecular weight is 294 g/mol. The smallest absolute Gasteiger partial charge is 0.435 e. The van der Waals surface area contributed by atoms with E-state index in [1.165, 1.54) is 0 Å². The topological polar surface area (TPSA) is 80.5 Å². The van der Waals surface area contributed by atoms with Crippen molar-refractivity contribution in [2.45, 2.75) is 18.8 Å². The molecule has 0 saturated carbocycles. The van der Waals surface area contributed by atoms with Gasteiger partial charge in [0.05, 0.1) is 19.3 Å². The molecule has 0 radical (unpaired) electrons. The molecule has 1 unspecified atom stereocenters. The Bertz CT molecular complexity index is 502. The van der Waals surface area contributed by atoms with Crippen molar-refractivity contribution in [1.29, 1.82) is 0 Å². The van der Waals surface area contributed by atoms with Gasteiger partial charge in [-0.25, -0.2) is 9.48 Å². The van der Waals surface area contributed by atoms with Gasteiger partial charge in [-0.1, -0.05) is 5.21 Å². The number of rotatable bonds is 3. The van der Waals surface area contributed by atoms with E-state index in [2.05, 4.69) is 10.3 Å². The fraction of sp³-hybridized carbons (Fsp3) is 0.700. The molecule has 0 aromatic carbocycles. The fourth-order valence-electron chi connectivity index (χ4n) is 2.04. The molecule has 1 aliphatic rings. The van der Waals surface area contributed by atoms with Gasteiger partial charge in [0.25, 0.3) is 0 Å². The maximum absolute atomic E-state index is 12.9. The predicted molar refractivity (Wildman–Crippen MR) is 59.2 cm³/mol. The highest BCUT2D eigenvalue weighted by Gasteiger charge is 2.42. The summed E-state index contributed by atoms with van der Waals surface area (Å²) in [6.45, 7) is 1.35. The van der Waals surface area contributed by atoms with Crippen LogP contribution in [0.1, 0.15) is 16.2 Å². The molecule has 1 aromatic rings. The summed E-state index contributed by atoms with van der Waals surface area (Å²) in [6.07, 6.45) is -5.32. The summed E-state index contributed by atoms with van der Waals surface area (Å²) in [7, 11) is 1.82. The SMILES string of the molecule is CN1CCOC(Cn2nnc(C(=O)O)c2C(F)(F)F)C1. The third-order valence-corrected chi connectivity index (χ3v) is 2.92. The summed E-state index contributed by atoms with van der Waals surface area (Å²) in [6, 6.07) is 0. The van der Waals surface area contributed by atoms with E-state index in [1.807, 2.05) is 11.9 Å². The van der Waals surface area contributed by atoms with Crippen molar-refractivity contribution in [2.24, 2.45) is 0 Å². The number of carbonyl (C=O) groups is 1. The Morgan fingerprint density at radius 1 is 1.55 bits per heavy atom. The highest BCUT2D eigenvalue weighted by molar-refractivity contribution is 5.86. The Morgan fingerprint density at radius 3 is 2.80 bits per heavy atom. The number of morpholine rings is 1. The second-order valence-corrected chi connectivity index (χ2v) is 4.53. The highest BCUT2D eigenvalue weighted by atomic mass is 19.4. The zero-order valence-electron chi connectivity index (χ0n) is 10.6. The summed E-state index contributed by atoms with van der Waals surface area (Å²) in [5, 5.41) is 15.1. The molecule has 2 heterocycles. The largest absolute Gasteiger partial charge is 0.476 e. The normalized spacial score (nSPS) is 21.1. The van der Waals surface area contributed by atoms with Gasteiger partial charge in [0.15, 0.2) is 5.69 Å². The third kappa shape index (κ3) is 3.07. The molecule has 20 heavy (non-hydrogen) atoms. The number of carboxylic acids is 1. The number of halogens is 3. The van der Waals surface area contributed by atoms with Crippen LogP contribution >= 0.6 is 0 Å². The molecule has 0 amide bonds. The first-order valence-electron chi connectivity index (χ1n) is 5.83. The molecule has 1 saturated heterocycles. The van der Waals surface area contributed by atoms with Gasteiger partial charge < -0.3 is 14.7 Å². The van der Waals surface area contributed by atoms with Crippen LogP contribution in [0.5, 0.6) is 0 Å². The van der Waals surface area contributed by atoms with Crippen LogP contribution in [0.15, 0.2) is 0 Å². The monoisotopic (exact) mass is 294 g/mol. The van der Waals surface area contributed by atoms with Crippen LogP contribution in [0, 0.1) is 0 Å². The van der Waals surface area contributed by atoms with E-state index in [9.17, 15) is 18.0 Å². The number of likely N-dealkylation sites (N-methyl/N-ethyl adjacent to an activating group) is 1. The Morgan fingerprint density at radius 2 is 2.25 bits per heavy atom. The van der Waals surface area contributed by atoms with E-state index in [4.69, 9.17) is 9.84 Å². The predicted octanol–water partition coefficient (Wildman–Crippen LogP) is 0.326. The molecule has 2 rings (SSSR count). The number of nitrogens with zero attached hydrogens (tertiary/aromatic N) is 4. The minimum atomic E-state index is -4.84. The number of hydrogen-bond donors (Lipinski definition) is 1. The van der Waals surface area contributed by atoms with Crippen LogP contribution in [0.25, 0.3) is 0 Å². The van der Waals surface area contributed by atoms with E-state index in [-0.39, 0.29) is 6.54 Å². The molecular formula is C10H13F3N4O3. The number of aromatic nitrogens is 3. The van der Waals surface area contributed by atoms with Crippen molar-refractivity contribution < 1.29 is 27.8 Å². The lowest BCUT2D eigenvalue weighted by Crippen LogP contribution is -2.42. The molecule has 1 aromatic heterocycles. The first-order chi connectivity index (χ1) is 9.29. The summed E-state index contributed by atoms with van der Waals surface area (Å²) in [5.41, 5.74) is -2.46. The van der Waals surface area contributed by atoms with Gasteiger partial charge in [0.2, 0.25) is 5.69 Å². The molecule has 1 fully saturated rings. The van der Waals surface area contributed by atoms with Gasteiger partial charge in [-0.05, 0) is 7.05 Å². The number of alkyl halides is 3. The van der Waals surface area contributed by atoms with Gasteiger partial charge in [0.1, 0.15) is 0 Å². The van der Waals surface area contributed by atoms with Crippen LogP contribution in [-0.2, 0) is 17.5 Å². The second kappa shape index (κ2) is 5.37. The minimum Gasteiger partial charge on any atom is -0.476 e. The van der Waals surface area contributed by atoms with Gasteiger partial charge >= 0.3 is 12.1 Å². The third-order valence-electron chi connectivity index (χ3n) is 2.92. The van der Waals surface area contributed by atoms with Gasteiger partial charge in [-0.2, -0.15) is 13.2 Å². The Hall–Kier alpha value is -1.68. The Balaban J connectivity index is 2.25. The lowest BCUT2D eigenvalue weighted by molar-refractivity contribution is -0.146. The van der Waals surface area contributed by atoms with Gasteiger partial charge in [0, 0.05) is 13.1 Å². The molecule has 1 aliphatic heterocycles. The van der Waals surface area contributed by atoms with Crippen molar-refractivity contribution in [3.63, 3.8) is 0 Å². The lowest BCUT2D eigenvalue weighted by atomic mass is 10.2.